The smallest absolute Gasteiger partial charge is 0.333 e. The van der Waals surface area contributed by atoms with Crippen LogP contribution in [0.3, 0.4) is 0 Å². The molecular formula is C17H28N3O4+. The minimum atomic E-state index is -0.390. The van der Waals surface area contributed by atoms with E-state index in [1.165, 1.54) is 0 Å². The number of carbonyl (C=O) groups is 3. The number of hydrogen-bond acceptors (Lipinski definition) is 4. The molecule has 0 radical (unpaired) electrons. The number of esters is 1. The van der Waals surface area contributed by atoms with Crippen LogP contribution in [0.2, 0.25) is 0 Å². The Morgan fingerprint density at radius 1 is 1.38 bits per heavy atom. The molecule has 0 aliphatic carbocycles. The number of ether oxygens (including phenoxy) is 1. The molecule has 0 spiro atoms. The van der Waals surface area contributed by atoms with E-state index in [0.717, 1.165) is 0 Å². The van der Waals surface area contributed by atoms with Crippen molar-refractivity contribution in [1.29, 1.82) is 0 Å². The van der Waals surface area contributed by atoms with Crippen LogP contribution in [0, 0.1) is 0 Å². The minimum Gasteiger partial charge on any atom is -0.456 e. The van der Waals surface area contributed by atoms with Crippen LogP contribution < -0.4 is 5.32 Å². The Morgan fingerprint density at radius 2 is 2.08 bits per heavy atom. The van der Waals surface area contributed by atoms with Gasteiger partial charge in [0.25, 0.3) is 0 Å². The molecule has 24 heavy (non-hydrogen) atoms. The van der Waals surface area contributed by atoms with Gasteiger partial charge in [-0.05, 0) is 6.92 Å². The molecular weight excluding hydrogens is 310 g/mol. The Hall–Kier alpha value is -2.15. The van der Waals surface area contributed by atoms with Gasteiger partial charge in [0.2, 0.25) is 11.8 Å². The fourth-order valence-electron chi connectivity index (χ4n) is 2.12. The molecule has 2 amide bonds. The Balaban J connectivity index is 2.16. The van der Waals surface area contributed by atoms with Crippen LogP contribution >= 0.6 is 0 Å². The molecule has 7 heteroatoms. The van der Waals surface area contributed by atoms with Gasteiger partial charge in [0.1, 0.15) is 13.2 Å². The second-order valence-corrected chi connectivity index (χ2v) is 6.59. The Kier molecular flexibility index (Phi) is 7.64. The van der Waals surface area contributed by atoms with Gasteiger partial charge < -0.3 is 19.4 Å². The summed E-state index contributed by atoms with van der Waals surface area (Å²) in [5.41, 5.74) is 0.381. The summed E-state index contributed by atoms with van der Waals surface area (Å²) in [5, 5.41) is 2.82. The zero-order chi connectivity index (χ0) is 18.2. The minimum absolute atomic E-state index is 0.00800. The topological polar surface area (TPSA) is 75.7 Å². The molecule has 0 aromatic carbocycles. The first-order valence-corrected chi connectivity index (χ1v) is 8.08. The highest BCUT2D eigenvalue weighted by molar-refractivity contribution is 5.90. The molecule has 0 aromatic rings. The van der Waals surface area contributed by atoms with Gasteiger partial charge in [0.15, 0.2) is 0 Å². The van der Waals surface area contributed by atoms with E-state index in [-0.39, 0.29) is 11.8 Å². The molecule has 7 nitrogen and oxygen atoms in total. The molecule has 1 rings (SSSR count). The predicted molar refractivity (Wildman–Crippen MR) is 91.0 cm³/mol. The standard InChI is InChI=1S/C17H27N3O4/c1-14(2)17(23)24-13-12-20(3,4)11-7-15(21)18-8-10-19-9-5-6-16(19)22/h5-6H,1,7-13H2,2-4H3/p+1. The number of carbonyl (C=O) groups excluding carboxylic acids is 3. The molecule has 0 saturated carbocycles. The summed E-state index contributed by atoms with van der Waals surface area (Å²) >= 11 is 0. The lowest BCUT2D eigenvalue weighted by Crippen LogP contribution is -2.45. The van der Waals surface area contributed by atoms with E-state index >= 15 is 0 Å². The number of likely N-dealkylation sites (N-methyl/N-ethyl adjacent to an activating group) is 1. The van der Waals surface area contributed by atoms with Crippen molar-refractivity contribution in [2.45, 2.75) is 13.3 Å². The maximum Gasteiger partial charge on any atom is 0.333 e. The zero-order valence-electron chi connectivity index (χ0n) is 14.8. The van der Waals surface area contributed by atoms with Gasteiger partial charge in [-0.1, -0.05) is 12.7 Å². The van der Waals surface area contributed by atoms with Crippen molar-refractivity contribution in [2.75, 3.05) is 53.4 Å². The van der Waals surface area contributed by atoms with Crippen molar-refractivity contribution in [3.05, 3.63) is 24.3 Å². The van der Waals surface area contributed by atoms with Crippen molar-refractivity contribution in [2.24, 2.45) is 0 Å². The van der Waals surface area contributed by atoms with E-state index in [9.17, 15) is 14.4 Å². The number of rotatable bonds is 10. The zero-order valence-corrected chi connectivity index (χ0v) is 14.8. The summed E-state index contributed by atoms with van der Waals surface area (Å²) in [7, 11) is 3.97. The Morgan fingerprint density at radius 3 is 2.67 bits per heavy atom. The molecule has 0 saturated heterocycles. The second-order valence-electron chi connectivity index (χ2n) is 6.59. The first kappa shape index (κ1) is 19.9. The highest BCUT2D eigenvalue weighted by Gasteiger charge is 2.18. The van der Waals surface area contributed by atoms with Crippen molar-refractivity contribution < 1.29 is 23.6 Å². The molecule has 0 atom stereocenters. The van der Waals surface area contributed by atoms with Crippen LogP contribution in [0.5, 0.6) is 0 Å². The molecule has 0 fully saturated rings. The molecule has 1 aliphatic heterocycles. The monoisotopic (exact) mass is 338 g/mol. The van der Waals surface area contributed by atoms with Crippen LogP contribution in [0.15, 0.2) is 24.3 Å². The highest BCUT2D eigenvalue weighted by Crippen LogP contribution is 2.02. The fraction of sp³-hybridized carbons (Fsp3) is 0.588. The van der Waals surface area contributed by atoms with Crippen LogP contribution in [0.25, 0.3) is 0 Å². The van der Waals surface area contributed by atoms with Crippen LogP contribution in [0.4, 0.5) is 0 Å². The van der Waals surface area contributed by atoms with E-state index in [1.807, 2.05) is 20.2 Å². The Labute approximate surface area is 143 Å². The van der Waals surface area contributed by atoms with Gasteiger partial charge in [-0.2, -0.15) is 0 Å². The van der Waals surface area contributed by atoms with E-state index in [0.29, 0.717) is 55.8 Å². The first-order valence-electron chi connectivity index (χ1n) is 8.08. The second kappa shape index (κ2) is 9.22. The molecule has 134 valence electrons. The molecule has 0 bridgehead atoms. The molecule has 1 N–H and O–H groups in total. The third-order valence-electron chi connectivity index (χ3n) is 3.82. The quantitative estimate of drug-likeness (QED) is 0.348. The van der Waals surface area contributed by atoms with Crippen molar-refractivity contribution in [3.8, 4) is 0 Å². The summed E-state index contributed by atoms with van der Waals surface area (Å²) < 4.78 is 5.65. The molecule has 0 unspecified atom stereocenters. The van der Waals surface area contributed by atoms with Crippen molar-refractivity contribution in [3.63, 3.8) is 0 Å². The van der Waals surface area contributed by atoms with Gasteiger partial charge in [-0.25, -0.2) is 4.79 Å². The number of nitrogens with one attached hydrogen (secondary N) is 1. The van der Waals surface area contributed by atoms with Gasteiger partial charge >= 0.3 is 5.97 Å². The average molecular weight is 338 g/mol. The van der Waals surface area contributed by atoms with Crippen LogP contribution in [0.1, 0.15) is 13.3 Å². The average Bonchev–Trinajstić information content (AvgIpc) is 2.90. The number of hydrogen-bond donors (Lipinski definition) is 1. The SMILES string of the molecule is C=C(C)C(=O)OCC[N+](C)(C)CCC(=O)NCCN1CC=CC1=O. The summed E-state index contributed by atoms with van der Waals surface area (Å²) in [5.74, 6) is -0.440. The number of quaternary nitrogens is 1. The summed E-state index contributed by atoms with van der Waals surface area (Å²) in [6.45, 7) is 8.29. The van der Waals surface area contributed by atoms with E-state index in [2.05, 4.69) is 11.9 Å². The summed E-state index contributed by atoms with van der Waals surface area (Å²) in [4.78, 5) is 36.3. The largest absolute Gasteiger partial charge is 0.456 e. The lowest BCUT2D eigenvalue weighted by Gasteiger charge is -2.29. The first-order chi connectivity index (χ1) is 11.2. The lowest BCUT2D eigenvalue weighted by atomic mass is 10.3. The third kappa shape index (κ3) is 7.41. The van der Waals surface area contributed by atoms with Crippen molar-refractivity contribution >= 4 is 17.8 Å². The molecule has 0 aromatic heterocycles. The third-order valence-corrected chi connectivity index (χ3v) is 3.82. The van der Waals surface area contributed by atoms with Gasteiger partial charge in [-0.15, -0.1) is 0 Å². The van der Waals surface area contributed by atoms with E-state index in [1.54, 1.807) is 17.9 Å². The van der Waals surface area contributed by atoms with Gasteiger partial charge in [-0.3, -0.25) is 9.59 Å². The summed E-state index contributed by atoms with van der Waals surface area (Å²) in [6, 6.07) is 0. The normalized spacial score (nSPS) is 14.0. The lowest BCUT2D eigenvalue weighted by molar-refractivity contribution is -0.889. The van der Waals surface area contributed by atoms with E-state index in [4.69, 9.17) is 4.74 Å². The predicted octanol–water partition coefficient (Wildman–Crippen LogP) is 0.0868. The Bertz CT molecular complexity index is 526. The van der Waals surface area contributed by atoms with Gasteiger partial charge in [0.05, 0.1) is 27.1 Å². The van der Waals surface area contributed by atoms with Crippen LogP contribution in [-0.4, -0.2) is 80.6 Å². The number of amides is 2. The maximum absolute atomic E-state index is 11.9. The number of nitrogens with zero attached hydrogens (tertiary/aromatic N) is 2. The van der Waals surface area contributed by atoms with E-state index < -0.39 is 5.97 Å². The summed E-state index contributed by atoms with van der Waals surface area (Å²) in [6.07, 6.45) is 3.74. The maximum atomic E-state index is 11.9. The van der Waals surface area contributed by atoms with Crippen molar-refractivity contribution in [1.82, 2.24) is 10.2 Å². The molecule has 1 heterocycles. The fourth-order valence-corrected chi connectivity index (χ4v) is 2.12. The van der Waals surface area contributed by atoms with Gasteiger partial charge in [0, 0.05) is 31.3 Å². The molecule has 1 aliphatic rings. The highest BCUT2D eigenvalue weighted by atomic mass is 16.5. The van der Waals surface area contributed by atoms with Crippen LogP contribution in [-0.2, 0) is 19.1 Å².